The Morgan fingerprint density at radius 3 is 0.500 bits per heavy atom. The van der Waals surface area contributed by atoms with E-state index >= 15 is 0 Å². The van der Waals surface area contributed by atoms with Gasteiger partial charge >= 0.3 is 11.0 Å². The Morgan fingerprint density at radius 1 is 0.500 bits per heavy atom. The summed E-state index contributed by atoms with van der Waals surface area (Å²) >= 11 is 0. The fourth-order valence-electron chi connectivity index (χ4n) is 0. The predicted octanol–water partition coefficient (Wildman–Crippen LogP) is -1.52. The van der Waals surface area contributed by atoms with Crippen LogP contribution in [-0.4, -0.2) is 63.0 Å². The minimum atomic E-state index is 0. The highest BCUT2D eigenvalue weighted by atomic mass is 28.1. The zero-order valence-electron chi connectivity index (χ0n) is 2.23. The molecule has 4 heavy (non-hydrogen) atoms. The zero-order valence-corrected chi connectivity index (χ0v) is 6.70. The summed E-state index contributed by atoms with van der Waals surface area (Å²) in [7, 11) is 0. The molecular formula is Al3Si+. The van der Waals surface area contributed by atoms with E-state index in [9.17, 15) is 0 Å². The van der Waals surface area contributed by atoms with Gasteiger partial charge in [0.1, 0.15) is 0 Å². The Labute approximate surface area is 62.8 Å². The van der Waals surface area contributed by atoms with Crippen LogP contribution in [0.4, 0.5) is 0 Å². The first-order chi connectivity index (χ1) is 0. The molecule has 0 aliphatic carbocycles. The highest BCUT2D eigenvalue weighted by Gasteiger charge is 1.00. The van der Waals surface area contributed by atoms with Crippen molar-refractivity contribution in [3.8, 4) is 0 Å². The lowest BCUT2D eigenvalue weighted by molar-refractivity contribution is 5.75. The van der Waals surface area contributed by atoms with E-state index in [2.05, 4.69) is 0 Å². The molecule has 0 bridgehead atoms. The smallest absolute Gasteiger partial charge is 0 e. The van der Waals surface area contributed by atoms with Gasteiger partial charge in [-0.3, -0.25) is 0 Å². The van der Waals surface area contributed by atoms with Gasteiger partial charge in [-0.25, -0.2) is 0 Å². The molecule has 0 fully saturated rings. The Balaban J connectivity index is 0. The number of hydrogen-bond donors (Lipinski definition) is 0. The monoisotopic (exact) mass is 109 g/mol. The van der Waals surface area contributed by atoms with Crippen molar-refractivity contribution < 1.29 is 0 Å². The predicted molar refractivity (Wildman–Crippen MR) is 23.0 cm³/mol. The molecule has 0 saturated carbocycles. The van der Waals surface area contributed by atoms with Crippen LogP contribution in [0.1, 0.15) is 0 Å². The van der Waals surface area contributed by atoms with Crippen molar-refractivity contribution in [3.63, 3.8) is 0 Å². The van der Waals surface area contributed by atoms with Gasteiger partial charge in [0.05, 0.1) is 0 Å². The molecule has 0 spiro atoms. The first kappa shape index (κ1) is 40.9. The van der Waals surface area contributed by atoms with Gasteiger partial charge in [-0.15, -0.1) is 0 Å². The molecule has 0 rings (SSSR count). The third kappa shape index (κ3) is 9.18. The molecule has 0 aromatic heterocycles. The third-order valence-corrected chi connectivity index (χ3v) is 0. The van der Waals surface area contributed by atoms with Crippen LogP contribution in [0.3, 0.4) is 0 Å². The molecule has 4 heteroatoms. The average molecular weight is 109 g/mol. The van der Waals surface area contributed by atoms with Crippen molar-refractivity contribution in [2.45, 2.75) is 0 Å². The normalized spacial score (nSPS) is 0. The Hall–Kier alpha value is 1.81. The lowest BCUT2D eigenvalue weighted by atomic mass is 27.0. The minimum absolute atomic E-state index is 0. The van der Waals surface area contributed by atoms with Crippen molar-refractivity contribution in [1.29, 1.82) is 0 Å². The first-order valence-electron chi connectivity index (χ1n) is 0. The van der Waals surface area contributed by atoms with Crippen molar-refractivity contribution in [2.75, 3.05) is 0 Å². The summed E-state index contributed by atoms with van der Waals surface area (Å²) in [5, 5.41) is 0. The van der Waals surface area contributed by atoms with E-state index in [1.54, 1.807) is 0 Å². The minimum Gasteiger partial charge on any atom is 0 e. The highest BCUT2D eigenvalue weighted by Crippen LogP contribution is -0.378. The Kier molecular flexibility index (Phi) is 218. The van der Waals surface area contributed by atoms with E-state index in [-0.39, 0.29) is 63.0 Å². The fourth-order valence-corrected chi connectivity index (χ4v) is 0. The second-order valence-electron chi connectivity index (χ2n) is 0. The Bertz CT molecular complexity index is 3.25. The van der Waals surface area contributed by atoms with Crippen molar-refractivity contribution in [1.82, 2.24) is 0 Å². The molecule has 0 aliphatic rings. The summed E-state index contributed by atoms with van der Waals surface area (Å²) in [4.78, 5) is 0. The van der Waals surface area contributed by atoms with Gasteiger partial charge < -0.3 is 0 Å². The van der Waals surface area contributed by atoms with Crippen LogP contribution in [0.25, 0.3) is 0 Å². The SMILES string of the molecule is [Al].[Al].[Al].[Si+]. The van der Waals surface area contributed by atoms with E-state index in [0.717, 1.165) is 0 Å². The van der Waals surface area contributed by atoms with Crippen LogP contribution >= 0.6 is 0 Å². The maximum Gasteiger partial charge on any atom is 1.00 e. The molecule has 0 N–H and O–H groups in total. The van der Waals surface area contributed by atoms with Crippen LogP contribution in [0, 0.1) is 0 Å². The molecule has 0 nitrogen and oxygen atoms in total. The molecule has 12 radical (unpaired) electrons. The quantitative estimate of drug-likeness (QED) is 0.331. The summed E-state index contributed by atoms with van der Waals surface area (Å²) in [6.45, 7) is 0. The largest absolute Gasteiger partial charge is 1.00 e. The van der Waals surface area contributed by atoms with Crippen LogP contribution in [0.2, 0.25) is 0 Å². The summed E-state index contributed by atoms with van der Waals surface area (Å²) in [6, 6.07) is 0. The van der Waals surface area contributed by atoms with E-state index in [0.29, 0.717) is 0 Å². The highest BCUT2D eigenvalue weighted by molar-refractivity contribution is 5.76. The second kappa shape index (κ2) is 21.3. The van der Waals surface area contributed by atoms with Crippen molar-refractivity contribution >= 4 is 63.0 Å². The van der Waals surface area contributed by atoms with Gasteiger partial charge in [-0.05, 0) is 0 Å². The van der Waals surface area contributed by atoms with E-state index in [4.69, 9.17) is 0 Å². The molecular weight excluding hydrogens is 109 g/mol. The van der Waals surface area contributed by atoms with E-state index in [1.165, 1.54) is 0 Å². The van der Waals surface area contributed by atoms with Gasteiger partial charge in [-0.2, -0.15) is 0 Å². The number of hydrogen-bond acceptors (Lipinski definition) is 0. The van der Waals surface area contributed by atoms with Crippen LogP contribution in [0.15, 0.2) is 0 Å². The topological polar surface area (TPSA) is 0 Å². The first-order valence-corrected chi connectivity index (χ1v) is 0. The van der Waals surface area contributed by atoms with Gasteiger partial charge in [0.25, 0.3) is 0 Å². The molecule has 0 aromatic rings. The van der Waals surface area contributed by atoms with Crippen molar-refractivity contribution in [3.05, 3.63) is 0 Å². The molecule has 0 aromatic carbocycles. The average Bonchev–Trinajstić information content (AvgIpc) is 0. The maximum atomic E-state index is 0. The Morgan fingerprint density at radius 2 is 0.500 bits per heavy atom. The molecule has 0 atom stereocenters. The molecule has 0 amide bonds. The van der Waals surface area contributed by atoms with Gasteiger partial charge in [0.2, 0.25) is 0 Å². The lowest BCUT2D eigenvalue weighted by Crippen LogP contribution is -0.382. The van der Waals surface area contributed by atoms with E-state index in [1.807, 2.05) is 0 Å². The summed E-state index contributed by atoms with van der Waals surface area (Å²) in [5.41, 5.74) is 0. The maximum absolute atomic E-state index is 0. The number of rotatable bonds is 0. The van der Waals surface area contributed by atoms with Gasteiger partial charge in [0.15, 0.2) is 0 Å². The molecule has 0 heterocycles. The van der Waals surface area contributed by atoms with Crippen LogP contribution in [0.5, 0.6) is 0 Å². The summed E-state index contributed by atoms with van der Waals surface area (Å²) < 4.78 is 0. The van der Waals surface area contributed by atoms with Gasteiger partial charge in [0, 0.05) is 52.1 Å². The molecule has 12 valence electrons. The zero-order chi connectivity index (χ0) is 0. The molecule has 0 saturated heterocycles. The summed E-state index contributed by atoms with van der Waals surface area (Å²) in [5.74, 6) is 0. The standard InChI is InChI=1S/3Al.Si/q;;;+1. The second-order valence-corrected chi connectivity index (χ2v) is 0. The van der Waals surface area contributed by atoms with E-state index < -0.39 is 0 Å². The summed E-state index contributed by atoms with van der Waals surface area (Å²) in [6.07, 6.45) is 0. The molecule has 0 unspecified atom stereocenters. The van der Waals surface area contributed by atoms with Crippen LogP contribution < -0.4 is 0 Å². The third-order valence-electron chi connectivity index (χ3n) is 0. The van der Waals surface area contributed by atoms with Crippen LogP contribution in [-0.2, 0) is 0 Å². The van der Waals surface area contributed by atoms with Crippen molar-refractivity contribution in [2.24, 2.45) is 0 Å². The molecule has 0 aliphatic heterocycles. The fraction of sp³-hybridized carbons (Fsp3) is 0. The van der Waals surface area contributed by atoms with Gasteiger partial charge in [-0.1, -0.05) is 0 Å². The lowest BCUT2D eigenvalue weighted by Gasteiger charge is -0.00100.